The molecule has 1 radical (unpaired) electrons. The van der Waals surface area contributed by atoms with E-state index in [2.05, 4.69) is 13.8 Å². The summed E-state index contributed by atoms with van der Waals surface area (Å²) in [6.07, 6.45) is 10.8. The molecule has 2 atom stereocenters. The van der Waals surface area contributed by atoms with Crippen molar-refractivity contribution in [3.05, 3.63) is 0 Å². The summed E-state index contributed by atoms with van der Waals surface area (Å²) in [7, 11) is -4.73. The van der Waals surface area contributed by atoms with E-state index in [1.165, 1.54) is 13.3 Å². The summed E-state index contributed by atoms with van der Waals surface area (Å²) in [4.78, 5) is 23.8. The normalized spacial score (nSPS) is 12.5. The molecule has 3 N–H and O–H groups in total. The summed E-state index contributed by atoms with van der Waals surface area (Å²) in [6.45, 7) is 5.89. The van der Waals surface area contributed by atoms with Crippen LogP contribution in [0.4, 0.5) is 0 Å². The maximum Gasteiger partial charge on any atom is 0.327 e. The van der Waals surface area contributed by atoms with Gasteiger partial charge in [0.1, 0.15) is 0 Å². The zero-order chi connectivity index (χ0) is 25.5. The van der Waals surface area contributed by atoms with Crippen LogP contribution in [0.3, 0.4) is 0 Å². The standard InChI is InChI=1S/C20H38O7S.C3H8O2.Na/c1-3-5-7-9-11-13-15-26-19(21)17-18(28(23,24)25)20(22)27-16-14-12-10-8-6-4-2;1-3(5)2-4;/h18H,3-17H2,1-2H3,(H,23,24,25);3-5H,2H2,1H3;. The fraction of sp³-hybridized carbons (Fsp3) is 0.913. The Kier molecular flexibility index (Phi) is 29.1. The van der Waals surface area contributed by atoms with Gasteiger partial charge in [0.2, 0.25) is 0 Å². The van der Waals surface area contributed by atoms with Crippen molar-refractivity contribution in [2.45, 2.75) is 116 Å². The third-order valence-electron chi connectivity index (χ3n) is 4.74. The Morgan fingerprint density at radius 3 is 1.56 bits per heavy atom. The Balaban J connectivity index is -0.00000144. The molecule has 0 spiro atoms. The van der Waals surface area contributed by atoms with Crippen molar-refractivity contribution in [2.24, 2.45) is 0 Å². The first-order valence-corrected chi connectivity index (χ1v) is 13.7. The molecule has 0 heterocycles. The number of rotatable bonds is 19. The molecule has 0 saturated carbocycles. The second-order valence-corrected chi connectivity index (χ2v) is 9.76. The fourth-order valence-electron chi connectivity index (χ4n) is 2.74. The van der Waals surface area contributed by atoms with E-state index in [1.54, 1.807) is 0 Å². The molecule has 0 aliphatic carbocycles. The monoisotopic (exact) mass is 521 g/mol. The molecule has 9 nitrogen and oxygen atoms in total. The van der Waals surface area contributed by atoms with Gasteiger partial charge >= 0.3 is 11.9 Å². The first kappa shape index (κ1) is 38.3. The molecule has 11 heteroatoms. The number of esters is 2. The van der Waals surface area contributed by atoms with E-state index >= 15 is 0 Å². The topological polar surface area (TPSA) is 147 Å². The van der Waals surface area contributed by atoms with Gasteiger partial charge in [-0.3, -0.25) is 14.1 Å². The Morgan fingerprint density at radius 1 is 0.794 bits per heavy atom. The van der Waals surface area contributed by atoms with Gasteiger partial charge in [0.15, 0.2) is 5.25 Å². The maximum absolute atomic E-state index is 12.0. The van der Waals surface area contributed by atoms with Crippen molar-refractivity contribution in [1.29, 1.82) is 0 Å². The van der Waals surface area contributed by atoms with E-state index in [1.807, 2.05) is 0 Å². The quantitative estimate of drug-likeness (QED) is 0.101. The minimum Gasteiger partial charge on any atom is -0.466 e. The number of carbonyl (C=O) groups excluding carboxylic acids is 2. The first-order valence-electron chi connectivity index (χ1n) is 12.2. The molecule has 199 valence electrons. The van der Waals surface area contributed by atoms with Crippen LogP contribution < -0.4 is 0 Å². The molecule has 0 fully saturated rings. The van der Waals surface area contributed by atoms with Crippen molar-refractivity contribution in [3.63, 3.8) is 0 Å². The molecule has 0 aliphatic rings. The molecule has 34 heavy (non-hydrogen) atoms. The average molecular weight is 522 g/mol. The number of aliphatic hydroxyl groups excluding tert-OH is 2. The van der Waals surface area contributed by atoms with Crippen LogP contribution in [0.1, 0.15) is 104 Å². The van der Waals surface area contributed by atoms with Crippen LogP contribution in [0.5, 0.6) is 0 Å². The minimum atomic E-state index is -4.73. The molecule has 0 aliphatic heterocycles. The van der Waals surface area contributed by atoms with Crippen LogP contribution in [-0.4, -0.2) is 95.9 Å². The number of hydrogen-bond donors (Lipinski definition) is 3. The summed E-state index contributed by atoms with van der Waals surface area (Å²) in [6, 6.07) is 0. The van der Waals surface area contributed by atoms with Gasteiger partial charge in [-0.15, -0.1) is 0 Å². The van der Waals surface area contributed by atoms with Crippen molar-refractivity contribution in [1.82, 2.24) is 0 Å². The third kappa shape index (κ3) is 26.4. The van der Waals surface area contributed by atoms with E-state index in [0.717, 1.165) is 57.8 Å². The molecule has 0 saturated heterocycles. The van der Waals surface area contributed by atoms with E-state index in [-0.39, 0.29) is 49.4 Å². The van der Waals surface area contributed by atoms with Crippen molar-refractivity contribution >= 4 is 51.6 Å². The van der Waals surface area contributed by atoms with Crippen LogP contribution in [-0.2, 0) is 29.2 Å². The number of unbranched alkanes of at least 4 members (excludes halogenated alkanes) is 10. The van der Waals surface area contributed by atoms with Crippen LogP contribution >= 0.6 is 0 Å². The Labute approximate surface area is 228 Å². The Hall–Kier alpha value is -0.230. The smallest absolute Gasteiger partial charge is 0.327 e. The largest absolute Gasteiger partial charge is 0.466 e. The van der Waals surface area contributed by atoms with Crippen molar-refractivity contribution in [2.75, 3.05) is 19.8 Å². The van der Waals surface area contributed by atoms with Gasteiger partial charge in [0, 0.05) is 29.6 Å². The number of hydrogen-bond acceptors (Lipinski definition) is 8. The van der Waals surface area contributed by atoms with E-state index < -0.39 is 39.8 Å². The molecular formula is C23H46NaO9S. The first-order chi connectivity index (χ1) is 15.6. The number of carbonyl (C=O) groups is 2. The molecule has 0 rings (SSSR count). The second-order valence-electron chi connectivity index (χ2n) is 8.16. The molecule has 0 aromatic heterocycles. The predicted octanol–water partition coefficient (Wildman–Crippen LogP) is 3.42. The Bertz CT molecular complexity index is 583. The van der Waals surface area contributed by atoms with Gasteiger partial charge < -0.3 is 19.7 Å². The molecule has 0 amide bonds. The van der Waals surface area contributed by atoms with Gasteiger partial charge in [-0.05, 0) is 19.8 Å². The Morgan fingerprint density at radius 2 is 1.18 bits per heavy atom. The zero-order valence-corrected chi connectivity index (χ0v) is 24.5. The third-order valence-corrected chi connectivity index (χ3v) is 5.82. The van der Waals surface area contributed by atoms with Crippen molar-refractivity contribution < 1.29 is 42.2 Å². The maximum atomic E-state index is 12.0. The van der Waals surface area contributed by atoms with Crippen LogP contribution in [0.2, 0.25) is 0 Å². The van der Waals surface area contributed by atoms with E-state index in [9.17, 15) is 22.6 Å². The SMILES string of the molecule is CC(O)CO.CCCCCCCCOC(=O)CC(C(=O)OCCCCCCCC)S(=O)(=O)O.[Na]. The molecule has 0 aromatic rings. The molecule has 0 bridgehead atoms. The van der Waals surface area contributed by atoms with E-state index in [0.29, 0.717) is 12.8 Å². The van der Waals surface area contributed by atoms with Crippen LogP contribution in [0.25, 0.3) is 0 Å². The average Bonchev–Trinajstić information content (AvgIpc) is 2.75. The van der Waals surface area contributed by atoms with Gasteiger partial charge in [-0.25, -0.2) is 0 Å². The molecular weight excluding hydrogens is 475 g/mol. The van der Waals surface area contributed by atoms with Crippen LogP contribution in [0, 0.1) is 0 Å². The summed E-state index contributed by atoms with van der Waals surface area (Å²) in [5.41, 5.74) is 0. The number of ether oxygens (including phenoxy) is 2. The van der Waals surface area contributed by atoms with Crippen molar-refractivity contribution in [3.8, 4) is 0 Å². The zero-order valence-electron chi connectivity index (χ0n) is 21.7. The molecule has 0 aromatic carbocycles. The fourth-order valence-corrected chi connectivity index (χ4v) is 3.39. The summed E-state index contributed by atoms with van der Waals surface area (Å²) < 4.78 is 42.0. The van der Waals surface area contributed by atoms with Gasteiger partial charge in [-0.2, -0.15) is 8.42 Å². The number of aliphatic hydroxyl groups is 2. The summed E-state index contributed by atoms with van der Waals surface area (Å²) >= 11 is 0. The second kappa shape index (κ2) is 25.9. The minimum absolute atomic E-state index is 0. The van der Waals surface area contributed by atoms with Gasteiger partial charge in [0.25, 0.3) is 10.1 Å². The molecule has 2 unspecified atom stereocenters. The summed E-state index contributed by atoms with van der Waals surface area (Å²) in [5.74, 6) is -1.93. The van der Waals surface area contributed by atoms with Gasteiger partial charge in [-0.1, -0.05) is 78.1 Å². The van der Waals surface area contributed by atoms with E-state index in [4.69, 9.17) is 19.7 Å². The predicted molar refractivity (Wildman–Crippen MR) is 133 cm³/mol. The summed E-state index contributed by atoms with van der Waals surface area (Å²) in [5, 5.41) is 14.1. The van der Waals surface area contributed by atoms with Gasteiger partial charge in [0.05, 0.1) is 32.3 Å². The van der Waals surface area contributed by atoms with Crippen LogP contribution in [0.15, 0.2) is 0 Å².